The van der Waals surface area contributed by atoms with Crippen molar-refractivity contribution in [1.82, 2.24) is 0 Å². The van der Waals surface area contributed by atoms with Crippen molar-refractivity contribution in [2.75, 3.05) is 0 Å². The van der Waals surface area contributed by atoms with Crippen molar-refractivity contribution >= 4 is 7.60 Å². The first-order valence-electron chi connectivity index (χ1n) is 2.30. The Morgan fingerprint density at radius 2 is 1.88 bits per heavy atom. The summed E-state index contributed by atoms with van der Waals surface area (Å²) in [6.45, 7) is 0. The Kier molecular flexibility index (Phi) is 1.04. The lowest BCUT2D eigenvalue weighted by Crippen LogP contribution is -2.20. The molecule has 0 radical (unpaired) electrons. The SMILES string of the molecule is NC1(P(=O)(O)O)CC1. The third-order valence-electron chi connectivity index (χ3n) is 1.34. The van der Waals surface area contributed by atoms with Crippen molar-refractivity contribution < 1.29 is 14.4 Å². The summed E-state index contributed by atoms with van der Waals surface area (Å²) >= 11 is 0. The second kappa shape index (κ2) is 1.33. The molecular formula is C3H8NO3P. The summed E-state index contributed by atoms with van der Waals surface area (Å²) in [5, 5.41) is -1.15. The maximum Gasteiger partial charge on any atom is 0.345 e. The van der Waals surface area contributed by atoms with Crippen LogP contribution in [0.3, 0.4) is 0 Å². The van der Waals surface area contributed by atoms with Gasteiger partial charge in [0, 0.05) is 0 Å². The van der Waals surface area contributed by atoms with Gasteiger partial charge in [-0.3, -0.25) is 4.57 Å². The van der Waals surface area contributed by atoms with Gasteiger partial charge in [0.2, 0.25) is 0 Å². The van der Waals surface area contributed by atoms with Crippen LogP contribution in [0.2, 0.25) is 0 Å². The molecule has 1 rings (SSSR count). The lowest BCUT2D eigenvalue weighted by molar-refractivity contribution is 0.355. The fraction of sp³-hybridized carbons (Fsp3) is 1.00. The van der Waals surface area contributed by atoms with Crippen molar-refractivity contribution in [3.63, 3.8) is 0 Å². The lowest BCUT2D eigenvalue weighted by Gasteiger charge is -2.08. The van der Waals surface area contributed by atoms with Gasteiger partial charge in [-0.2, -0.15) is 0 Å². The molecule has 0 unspecified atom stereocenters. The summed E-state index contributed by atoms with van der Waals surface area (Å²) in [6.07, 6.45) is 0.911. The molecule has 8 heavy (non-hydrogen) atoms. The molecular weight excluding hydrogens is 129 g/mol. The molecule has 0 aromatic rings. The monoisotopic (exact) mass is 137 g/mol. The van der Waals surface area contributed by atoms with Crippen molar-refractivity contribution in [2.24, 2.45) is 5.73 Å². The van der Waals surface area contributed by atoms with E-state index in [0.29, 0.717) is 12.8 Å². The molecule has 0 spiro atoms. The van der Waals surface area contributed by atoms with Gasteiger partial charge in [0.15, 0.2) is 0 Å². The lowest BCUT2D eigenvalue weighted by atomic mass is 10.8. The van der Waals surface area contributed by atoms with E-state index in [1.807, 2.05) is 0 Å². The molecule has 0 saturated heterocycles. The van der Waals surface area contributed by atoms with Gasteiger partial charge in [-0.1, -0.05) is 0 Å². The Labute approximate surface area is 46.9 Å². The highest BCUT2D eigenvalue weighted by Crippen LogP contribution is 2.60. The Morgan fingerprint density at radius 3 is 1.88 bits per heavy atom. The van der Waals surface area contributed by atoms with Crippen molar-refractivity contribution in [1.29, 1.82) is 0 Å². The average Bonchev–Trinajstić information content (AvgIpc) is 2.16. The summed E-state index contributed by atoms with van der Waals surface area (Å²) in [4.78, 5) is 16.8. The first kappa shape index (κ1) is 6.23. The number of hydrogen-bond donors (Lipinski definition) is 3. The normalized spacial score (nSPS) is 25.4. The molecule has 0 bridgehead atoms. The third kappa shape index (κ3) is 0.801. The van der Waals surface area contributed by atoms with Crippen molar-refractivity contribution in [2.45, 2.75) is 18.1 Å². The first-order chi connectivity index (χ1) is 3.46. The van der Waals surface area contributed by atoms with Crippen LogP contribution in [-0.4, -0.2) is 15.1 Å². The zero-order valence-corrected chi connectivity index (χ0v) is 5.14. The van der Waals surface area contributed by atoms with Gasteiger partial charge in [-0.05, 0) is 12.8 Å². The van der Waals surface area contributed by atoms with E-state index >= 15 is 0 Å². The molecule has 4 N–H and O–H groups in total. The van der Waals surface area contributed by atoms with Crippen LogP contribution in [0.25, 0.3) is 0 Å². The maximum absolute atomic E-state index is 10.3. The molecule has 0 atom stereocenters. The summed E-state index contributed by atoms with van der Waals surface area (Å²) in [5.74, 6) is 0. The van der Waals surface area contributed by atoms with Crippen LogP contribution in [0, 0.1) is 0 Å². The quantitative estimate of drug-likeness (QED) is 0.430. The van der Waals surface area contributed by atoms with E-state index in [1.165, 1.54) is 0 Å². The van der Waals surface area contributed by atoms with Gasteiger partial charge in [-0.25, -0.2) is 0 Å². The maximum atomic E-state index is 10.3. The zero-order valence-electron chi connectivity index (χ0n) is 4.24. The van der Waals surface area contributed by atoms with E-state index in [-0.39, 0.29) is 0 Å². The van der Waals surface area contributed by atoms with Crippen LogP contribution in [0.15, 0.2) is 0 Å². The summed E-state index contributed by atoms with van der Waals surface area (Å²) in [7, 11) is -3.96. The van der Waals surface area contributed by atoms with Gasteiger partial charge in [-0.15, -0.1) is 0 Å². The molecule has 0 aliphatic heterocycles. The molecule has 5 heteroatoms. The zero-order chi connectivity index (χ0) is 6.41. The molecule has 4 nitrogen and oxygen atoms in total. The Balaban J connectivity index is 2.73. The van der Waals surface area contributed by atoms with Gasteiger partial charge in [0.1, 0.15) is 5.28 Å². The van der Waals surface area contributed by atoms with E-state index in [1.54, 1.807) is 0 Å². The summed E-state index contributed by atoms with van der Waals surface area (Å²) < 4.78 is 10.3. The van der Waals surface area contributed by atoms with E-state index < -0.39 is 12.9 Å². The summed E-state index contributed by atoms with van der Waals surface area (Å²) in [6, 6.07) is 0. The van der Waals surface area contributed by atoms with Crippen LogP contribution >= 0.6 is 7.60 Å². The van der Waals surface area contributed by atoms with E-state index in [4.69, 9.17) is 15.5 Å². The largest absolute Gasteiger partial charge is 0.345 e. The van der Waals surface area contributed by atoms with Crippen molar-refractivity contribution in [3.8, 4) is 0 Å². The van der Waals surface area contributed by atoms with Gasteiger partial charge >= 0.3 is 7.60 Å². The topological polar surface area (TPSA) is 83.6 Å². The van der Waals surface area contributed by atoms with Crippen molar-refractivity contribution in [3.05, 3.63) is 0 Å². The molecule has 0 aromatic carbocycles. The molecule has 1 fully saturated rings. The molecule has 0 heterocycles. The smallest absolute Gasteiger partial charge is 0.323 e. The summed E-state index contributed by atoms with van der Waals surface area (Å²) in [5.41, 5.74) is 5.16. The van der Waals surface area contributed by atoms with E-state index in [2.05, 4.69) is 0 Å². The highest BCUT2D eigenvalue weighted by molar-refractivity contribution is 7.53. The van der Waals surface area contributed by atoms with Crippen LogP contribution in [0.4, 0.5) is 0 Å². The molecule has 48 valence electrons. The van der Waals surface area contributed by atoms with Gasteiger partial charge in [0.25, 0.3) is 0 Å². The fourth-order valence-corrected chi connectivity index (χ4v) is 1.11. The second-order valence-corrected chi connectivity index (χ2v) is 4.13. The van der Waals surface area contributed by atoms with Crippen LogP contribution in [0.5, 0.6) is 0 Å². The van der Waals surface area contributed by atoms with E-state index in [9.17, 15) is 4.57 Å². The predicted molar refractivity (Wildman–Crippen MR) is 28.2 cm³/mol. The second-order valence-electron chi connectivity index (χ2n) is 2.15. The Morgan fingerprint density at radius 1 is 1.50 bits per heavy atom. The highest BCUT2D eigenvalue weighted by Gasteiger charge is 2.53. The van der Waals surface area contributed by atoms with Crippen LogP contribution in [-0.2, 0) is 4.57 Å². The number of rotatable bonds is 1. The standard InChI is InChI=1S/C3H8NO3P/c4-3(1-2-3)8(5,6)7/h1-2,4H2,(H2,5,6,7). The molecule has 1 aliphatic rings. The minimum Gasteiger partial charge on any atom is -0.323 e. The minimum absolute atomic E-state index is 0.456. The van der Waals surface area contributed by atoms with Crippen LogP contribution < -0.4 is 5.73 Å². The number of hydrogen-bond acceptors (Lipinski definition) is 2. The van der Waals surface area contributed by atoms with Gasteiger partial charge in [0.05, 0.1) is 0 Å². The molecule has 0 aromatic heterocycles. The minimum atomic E-state index is -3.96. The fourth-order valence-electron chi connectivity index (χ4n) is 0.419. The molecule has 0 amide bonds. The molecule has 1 aliphatic carbocycles. The number of nitrogens with two attached hydrogens (primary N) is 1. The van der Waals surface area contributed by atoms with Crippen LogP contribution in [0.1, 0.15) is 12.8 Å². The van der Waals surface area contributed by atoms with E-state index in [0.717, 1.165) is 0 Å². The molecule has 1 saturated carbocycles. The Hall–Kier alpha value is 0.110. The third-order valence-corrected chi connectivity index (χ3v) is 2.95. The van der Waals surface area contributed by atoms with Gasteiger partial charge < -0.3 is 15.5 Å². The first-order valence-corrected chi connectivity index (χ1v) is 3.91. The average molecular weight is 137 g/mol. The Bertz CT molecular complexity index is 147. The predicted octanol–water partition coefficient (Wildman–Crippen LogP) is -0.387. The highest BCUT2D eigenvalue weighted by atomic mass is 31.2.